The Labute approximate surface area is 106 Å². The zero-order valence-corrected chi connectivity index (χ0v) is 11.7. The third-order valence-electron chi connectivity index (χ3n) is 2.69. The van der Waals surface area contributed by atoms with Crippen LogP contribution in [0.1, 0.15) is 46.0 Å². The highest BCUT2D eigenvalue weighted by Crippen LogP contribution is 2.23. The Balaban J connectivity index is 2.34. The minimum absolute atomic E-state index is 0.0832. The molecule has 1 unspecified atom stereocenters. The number of unbranched alkanes of at least 4 members (excludes halogenated alkanes) is 1. The first-order valence-corrected chi connectivity index (χ1v) is 7.05. The number of carbonyl (C=O) groups is 1. The molecule has 1 aliphatic rings. The number of hydrogen-bond acceptors (Lipinski definition) is 3. The molecule has 0 aromatic rings. The van der Waals surface area contributed by atoms with Crippen molar-refractivity contribution in [3.8, 4) is 0 Å². The van der Waals surface area contributed by atoms with Crippen molar-refractivity contribution < 1.29 is 14.3 Å². The first-order valence-electron chi connectivity index (χ1n) is 5.93. The molecule has 1 heterocycles. The highest BCUT2D eigenvalue weighted by molar-refractivity contribution is 9.09. The zero-order valence-electron chi connectivity index (χ0n) is 10.1. The van der Waals surface area contributed by atoms with Crippen molar-refractivity contribution >= 4 is 21.7 Å². The van der Waals surface area contributed by atoms with Crippen molar-refractivity contribution in [2.45, 2.75) is 57.8 Å². The molecule has 16 heavy (non-hydrogen) atoms. The first kappa shape index (κ1) is 14.1. The number of rotatable bonds is 6. The van der Waals surface area contributed by atoms with E-state index in [1.165, 1.54) is 0 Å². The van der Waals surface area contributed by atoms with Gasteiger partial charge in [-0.1, -0.05) is 15.9 Å². The summed E-state index contributed by atoms with van der Waals surface area (Å²) in [5, 5.41) is 1.02. The van der Waals surface area contributed by atoms with E-state index >= 15 is 0 Å². The van der Waals surface area contributed by atoms with E-state index in [9.17, 15) is 4.79 Å². The molecule has 0 aliphatic carbocycles. The first-order chi connectivity index (χ1) is 7.55. The summed E-state index contributed by atoms with van der Waals surface area (Å²) in [7, 11) is 0. The summed E-state index contributed by atoms with van der Waals surface area (Å²) >= 11 is 3.41. The van der Waals surface area contributed by atoms with Gasteiger partial charge in [0.05, 0.1) is 12.2 Å². The van der Waals surface area contributed by atoms with Crippen molar-refractivity contribution in [1.29, 1.82) is 0 Å². The molecule has 0 saturated carbocycles. The number of ether oxygens (including phenoxy) is 2. The lowest BCUT2D eigenvalue weighted by molar-refractivity contribution is -0.212. The summed E-state index contributed by atoms with van der Waals surface area (Å²) < 4.78 is 11.1. The van der Waals surface area contributed by atoms with E-state index in [-0.39, 0.29) is 11.4 Å². The minimum atomic E-state index is -0.632. The Morgan fingerprint density at radius 2 is 2.25 bits per heavy atom. The van der Waals surface area contributed by atoms with Gasteiger partial charge in [-0.2, -0.15) is 0 Å². The normalized spacial score (nSPS) is 22.4. The van der Waals surface area contributed by atoms with Gasteiger partial charge in [0.1, 0.15) is 0 Å². The molecule has 0 amide bonds. The Morgan fingerprint density at radius 1 is 1.50 bits per heavy atom. The number of alkyl halides is 1. The van der Waals surface area contributed by atoms with Crippen LogP contribution in [0.15, 0.2) is 0 Å². The standard InChI is InChI=1S/C12H21BrO3/c1-12(2,7-3-4-8-13)16-11-10(14)6-5-9-15-11/h11H,3-9H2,1-2H3. The maximum atomic E-state index is 11.5. The van der Waals surface area contributed by atoms with Gasteiger partial charge in [0, 0.05) is 11.8 Å². The van der Waals surface area contributed by atoms with Gasteiger partial charge in [0.15, 0.2) is 5.78 Å². The maximum Gasteiger partial charge on any atom is 0.218 e. The molecule has 0 N–H and O–H groups in total. The highest BCUT2D eigenvalue weighted by atomic mass is 79.9. The maximum absolute atomic E-state index is 11.5. The fraction of sp³-hybridized carbons (Fsp3) is 0.917. The van der Waals surface area contributed by atoms with Crippen molar-refractivity contribution in [3.05, 3.63) is 0 Å². The van der Waals surface area contributed by atoms with Gasteiger partial charge < -0.3 is 9.47 Å². The molecule has 0 radical (unpaired) electrons. The van der Waals surface area contributed by atoms with Crippen LogP contribution in [0.25, 0.3) is 0 Å². The molecule has 1 atom stereocenters. The molecule has 3 nitrogen and oxygen atoms in total. The summed E-state index contributed by atoms with van der Waals surface area (Å²) in [5.41, 5.74) is -0.278. The molecule has 0 aromatic carbocycles. The van der Waals surface area contributed by atoms with Gasteiger partial charge in [-0.3, -0.25) is 4.79 Å². The minimum Gasteiger partial charge on any atom is -0.346 e. The molecule has 1 saturated heterocycles. The van der Waals surface area contributed by atoms with Crippen LogP contribution in [-0.2, 0) is 14.3 Å². The molecular weight excluding hydrogens is 272 g/mol. The van der Waals surface area contributed by atoms with Crippen LogP contribution >= 0.6 is 15.9 Å². The summed E-state index contributed by atoms with van der Waals surface area (Å²) in [6.07, 6.45) is 3.95. The quantitative estimate of drug-likeness (QED) is 0.558. The number of halogens is 1. The van der Waals surface area contributed by atoms with Gasteiger partial charge in [-0.05, 0) is 39.5 Å². The zero-order chi connectivity index (χ0) is 12.0. The van der Waals surface area contributed by atoms with Crippen molar-refractivity contribution in [2.24, 2.45) is 0 Å². The van der Waals surface area contributed by atoms with Crippen molar-refractivity contribution in [2.75, 3.05) is 11.9 Å². The molecule has 1 rings (SSSR count). The lowest BCUT2D eigenvalue weighted by Crippen LogP contribution is -2.39. The molecule has 0 aromatic heterocycles. The van der Waals surface area contributed by atoms with Crippen LogP contribution in [0.2, 0.25) is 0 Å². The van der Waals surface area contributed by atoms with Crippen LogP contribution in [0, 0.1) is 0 Å². The van der Waals surface area contributed by atoms with Gasteiger partial charge >= 0.3 is 0 Å². The molecule has 4 heteroatoms. The predicted molar refractivity (Wildman–Crippen MR) is 66.8 cm³/mol. The van der Waals surface area contributed by atoms with E-state index in [0.29, 0.717) is 13.0 Å². The van der Waals surface area contributed by atoms with Gasteiger partial charge in [-0.25, -0.2) is 0 Å². The molecule has 1 fully saturated rings. The second kappa shape index (κ2) is 6.72. The molecule has 1 aliphatic heterocycles. The average Bonchev–Trinajstić information content (AvgIpc) is 2.21. The van der Waals surface area contributed by atoms with Crippen molar-refractivity contribution in [1.82, 2.24) is 0 Å². The van der Waals surface area contributed by atoms with E-state index in [4.69, 9.17) is 9.47 Å². The third kappa shape index (κ3) is 4.93. The van der Waals surface area contributed by atoms with Crippen molar-refractivity contribution in [3.63, 3.8) is 0 Å². The lowest BCUT2D eigenvalue weighted by atomic mass is 10.0. The predicted octanol–water partition coefficient (Wildman–Crippen LogP) is 3.05. The molecule has 0 spiro atoms. The molecule has 0 bridgehead atoms. The highest BCUT2D eigenvalue weighted by Gasteiger charge is 2.30. The summed E-state index contributed by atoms with van der Waals surface area (Å²) in [5.74, 6) is 0.0832. The fourth-order valence-electron chi connectivity index (χ4n) is 1.74. The SMILES string of the molecule is CC(C)(CCCCBr)OC1OCCCC1=O. The fourth-order valence-corrected chi connectivity index (χ4v) is 2.14. The Kier molecular flexibility index (Phi) is 5.94. The van der Waals surface area contributed by atoms with E-state index in [2.05, 4.69) is 15.9 Å². The summed E-state index contributed by atoms with van der Waals surface area (Å²) in [6.45, 7) is 4.67. The van der Waals surface area contributed by atoms with Crippen LogP contribution in [0.5, 0.6) is 0 Å². The average molecular weight is 293 g/mol. The van der Waals surface area contributed by atoms with E-state index in [0.717, 1.165) is 31.0 Å². The van der Waals surface area contributed by atoms with Crippen LogP contribution in [-0.4, -0.2) is 29.6 Å². The van der Waals surface area contributed by atoms with Crippen LogP contribution in [0.3, 0.4) is 0 Å². The van der Waals surface area contributed by atoms with Gasteiger partial charge in [0.2, 0.25) is 6.29 Å². The van der Waals surface area contributed by atoms with E-state index in [1.807, 2.05) is 13.8 Å². The Bertz CT molecular complexity index is 228. The molecular formula is C12H21BrO3. The number of ketones is 1. The number of hydrogen-bond donors (Lipinski definition) is 0. The van der Waals surface area contributed by atoms with E-state index < -0.39 is 6.29 Å². The van der Waals surface area contributed by atoms with Crippen LogP contribution in [0.4, 0.5) is 0 Å². The topological polar surface area (TPSA) is 35.5 Å². The second-order valence-corrected chi connectivity index (χ2v) is 5.59. The van der Waals surface area contributed by atoms with E-state index in [1.54, 1.807) is 0 Å². The molecule has 94 valence electrons. The summed E-state index contributed by atoms with van der Waals surface area (Å²) in [4.78, 5) is 11.5. The number of Topliss-reactive ketones (excluding diaryl/α,β-unsaturated/α-hetero) is 1. The number of carbonyl (C=O) groups excluding carboxylic acids is 1. The lowest BCUT2D eigenvalue weighted by Gasteiger charge is -2.31. The van der Waals surface area contributed by atoms with Crippen LogP contribution < -0.4 is 0 Å². The largest absolute Gasteiger partial charge is 0.346 e. The second-order valence-electron chi connectivity index (χ2n) is 4.80. The Morgan fingerprint density at radius 3 is 2.88 bits per heavy atom. The summed E-state index contributed by atoms with van der Waals surface area (Å²) in [6, 6.07) is 0. The third-order valence-corrected chi connectivity index (χ3v) is 3.25. The monoisotopic (exact) mass is 292 g/mol. The van der Waals surface area contributed by atoms with Gasteiger partial charge in [-0.15, -0.1) is 0 Å². The van der Waals surface area contributed by atoms with Gasteiger partial charge in [0.25, 0.3) is 0 Å². The smallest absolute Gasteiger partial charge is 0.218 e. The Hall–Kier alpha value is 0.0700.